The van der Waals surface area contributed by atoms with Crippen molar-refractivity contribution in [2.75, 3.05) is 0 Å². The fourth-order valence-electron chi connectivity index (χ4n) is 2.67. The first-order valence-electron chi connectivity index (χ1n) is 6.45. The van der Waals surface area contributed by atoms with Gasteiger partial charge in [-0.3, -0.25) is 4.57 Å². The second-order valence-corrected chi connectivity index (χ2v) is 5.95. The van der Waals surface area contributed by atoms with Gasteiger partial charge in [0.25, 0.3) is 0 Å². The van der Waals surface area contributed by atoms with E-state index in [0.29, 0.717) is 0 Å². The summed E-state index contributed by atoms with van der Waals surface area (Å²) in [4.78, 5) is 4.58. The summed E-state index contributed by atoms with van der Waals surface area (Å²) in [6, 6.07) is 21.1. The van der Waals surface area contributed by atoms with E-state index < -0.39 is 0 Å². The Morgan fingerprint density at radius 1 is 0.850 bits per heavy atom. The van der Waals surface area contributed by atoms with Gasteiger partial charge in [0.1, 0.15) is 5.65 Å². The van der Waals surface area contributed by atoms with Gasteiger partial charge in [-0.1, -0.05) is 24.3 Å². The van der Waals surface area contributed by atoms with E-state index in [0.717, 1.165) is 11.3 Å². The number of para-hydroxylation sites is 1. The minimum absolute atomic E-state index is 1.01. The Labute approximate surface area is 130 Å². The van der Waals surface area contributed by atoms with E-state index in [4.69, 9.17) is 0 Å². The Morgan fingerprint density at radius 2 is 1.70 bits per heavy atom. The van der Waals surface area contributed by atoms with Gasteiger partial charge in [0.15, 0.2) is 0 Å². The maximum Gasteiger partial charge on any atom is 0.145 e. The molecular formula is C17H11IN2. The molecule has 3 heteroatoms. The van der Waals surface area contributed by atoms with Crippen molar-refractivity contribution in [2.24, 2.45) is 0 Å². The third-order valence-corrected chi connectivity index (χ3v) is 4.17. The summed E-state index contributed by atoms with van der Waals surface area (Å²) in [5.41, 5.74) is 3.36. The molecule has 2 heterocycles. The molecule has 0 aliphatic rings. The first kappa shape index (κ1) is 11.9. The largest absolute Gasteiger partial charge is 0.294 e. The van der Waals surface area contributed by atoms with Crippen LogP contribution in [0.4, 0.5) is 0 Å². The molecule has 20 heavy (non-hydrogen) atoms. The number of fused-ring (bicyclic) bond motifs is 3. The monoisotopic (exact) mass is 370 g/mol. The highest BCUT2D eigenvalue weighted by Crippen LogP contribution is 2.30. The number of halogens is 1. The van der Waals surface area contributed by atoms with E-state index in [1.54, 1.807) is 0 Å². The van der Waals surface area contributed by atoms with Gasteiger partial charge in [0.05, 0.1) is 5.52 Å². The minimum atomic E-state index is 1.01. The third-order valence-electron chi connectivity index (χ3n) is 3.50. The van der Waals surface area contributed by atoms with Crippen LogP contribution < -0.4 is 0 Å². The van der Waals surface area contributed by atoms with Gasteiger partial charge < -0.3 is 0 Å². The average molecular weight is 370 g/mol. The SMILES string of the molecule is Ic1cccc(-n2c3ccccc3c3cccnc32)c1. The van der Waals surface area contributed by atoms with Crippen molar-refractivity contribution in [1.29, 1.82) is 0 Å². The van der Waals surface area contributed by atoms with Gasteiger partial charge >= 0.3 is 0 Å². The number of hydrogen-bond acceptors (Lipinski definition) is 1. The van der Waals surface area contributed by atoms with E-state index in [2.05, 4.69) is 86.7 Å². The molecule has 0 saturated heterocycles. The molecule has 0 amide bonds. The van der Waals surface area contributed by atoms with Crippen LogP contribution in [-0.2, 0) is 0 Å². The molecule has 4 aromatic rings. The summed E-state index contributed by atoms with van der Waals surface area (Å²) in [5, 5.41) is 2.44. The normalized spacial score (nSPS) is 11.2. The lowest BCUT2D eigenvalue weighted by Gasteiger charge is -2.07. The molecule has 0 N–H and O–H groups in total. The Morgan fingerprint density at radius 3 is 2.60 bits per heavy atom. The molecule has 2 aromatic heterocycles. The lowest BCUT2D eigenvalue weighted by atomic mass is 10.2. The van der Waals surface area contributed by atoms with Crippen LogP contribution in [-0.4, -0.2) is 9.55 Å². The summed E-state index contributed by atoms with van der Waals surface area (Å²) in [6.45, 7) is 0. The van der Waals surface area contributed by atoms with Crippen LogP contribution in [0.25, 0.3) is 27.6 Å². The molecule has 0 aliphatic heterocycles. The van der Waals surface area contributed by atoms with Gasteiger partial charge in [-0.05, 0) is 59.0 Å². The number of nitrogens with zero attached hydrogens (tertiary/aromatic N) is 2. The summed E-state index contributed by atoms with van der Waals surface area (Å²) >= 11 is 2.34. The number of rotatable bonds is 1. The van der Waals surface area contributed by atoms with E-state index >= 15 is 0 Å². The zero-order chi connectivity index (χ0) is 13.5. The summed E-state index contributed by atoms with van der Waals surface area (Å²) in [6.07, 6.45) is 1.85. The van der Waals surface area contributed by atoms with Crippen LogP contribution in [0.15, 0.2) is 66.9 Å². The van der Waals surface area contributed by atoms with Gasteiger partial charge in [-0.2, -0.15) is 0 Å². The van der Waals surface area contributed by atoms with Crippen LogP contribution in [0.5, 0.6) is 0 Å². The number of hydrogen-bond donors (Lipinski definition) is 0. The van der Waals surface area contributed by atoms with Crippen LogP contribution in [0.1, 0.15) is 0 Å². The highest BCUT2D eigenvalue weighted by molar-refractivity contribution is 14.1. The van der Waals surface area contributed by atoms with Crippen LogP contribution in [0.2, 0.25) is 0 Å². The van der Waals surface area contributed by atoms with E-state index in [-0.39, 0.29) is 0 Å². The summed E-state index contributed by atoms with van der Waals surface area (Å²) in [5.74, 6) is 0. The van der Waals surface area contributed by atoms with E-state index in [1.807, 2.05) is 12.3 Å². The summed E-state index contributed by atoms with van der Waals surface area (Å²) < 4.78 is 3.45. The molecule has 2 aromatic carbocycles. The molecule has 0 spiro atoms. The standard InChI is InChI=1S/C17H11IN2/c18-12-5-3-6-13(11-12)20-16-9-2-1-7-14(16)15-8-4-10-19-17(15)20/h1-11H. The van der Waals surface area contributed by atoms with Gasteiger partial charge in [-0.15, -0.1) is 0 Å². The Kier molecular flexibility index (Phi) is 2.73. The second-order valence-electron chi connectivity index (χ2n) is 4.71. The first-order chi connectivity index (χ1) is 9.84. The number of pyridine rings is 1. The molecule has 4 rings (SSSR count). The average Bonchev–Trinajstić information content (AvgIpc) is 2.82. The molecule has 0 unspecified atom stereocenters. The third kappa shape index (κ3) is 1.73. The molecule has 0 atom stereocenters. The molecule has 0 aliphatic carbocycles. The van der Waals surface area contributed by atoms with Crippen molar-refractivity contribution in [2.45, 2.75) is 0 Å². The second kappa shape index (κ2) is 4.59. The van der Waals surface area contributed by atoms with Crippen molar-refractivity contribution >= 4 is 44.5 Å². The Hall–Kier alpha value is -1.88. The predicted octanol–water partition coefficient (Wildman–Crippen LogP) is 4.78. The highest BCUT2D eigenvalue weighted by Gasteiger charge is 2.12. The molecule has 0 saturated carbocycles. The predicted molar refractivity (Wildman–Crippen MR) is 91.3 cm³/mol. The fourth-order valence-corrected chi connectivity index (χ4v) is 3.20. The molecular weight excluding hydrogens is 359 g/mol. The number of benzene rings is 2. The zero-order valence-electron chi connectivity index (χ0n) is 10.6. The van der Waals surface area contributed by atoms with Gasteiger partial charge in [0.2, 0.25) is 0 Å². The highest BCUT2D eigenvalue weighted by atomic mass is 127. The fraction of sp³-hybridized carbons (Fsp3) is 0. The summed E-state index contributed by atoms with van der Waals surface area (Å²) in [7, 11) is 0. The van der Waals surface area contributed by atoms with E-state index in [9.17, 15) is 0 Å². The van der Waals surface area contributed by atoms with Crippen LogP contribution in [0, 0.1) is 3.57 Å². The topological polar surface area (TPSA) is 17.8 Å². The molecule has 0 radical (unpaired) electrons. The number of aromatic nitrogens is 2. The maximum atomic E-state index is 4.58. The van der Waals surface area contributed by atoms with Crippen molar-refractivity contribution in [3.63, 3.8) is 0 Å². The molecule has 96 valence electrons. The Bertz CT molecular complexity index is 871. The minimum Gasteiger partial charge on any atom is -0.294 e. The molecule has 0 fully saturated rings. The smallest absolute Gasteiger partial charge is 0.145 e. The maximum absolute atomic E-state index is 4.58. The van der Waals surface area contributed by atoms with Crippen LogP contribution in [0.3, 0.4) is 0 Å². The molecule has 2 nitrogen and oxygen atoms in total. The van der Waals surface area contributed by atoms with Crippen molar-refractivity contribution in [1.82, 2.24) is 9.55 Å². The van der Waals surface area contributed by atoms with Crippen molar-refractivity contribution in [3.05, 3.63) is 70.4 Å². The Balaban J connectivity index is 2.21. The lowest BCUT2D eigenvalue weighted by molar-refractivity contribution is 1.13. The first-order valence-corrected chi connectivity index (χ1v) is 7.52. The van der Waals surface area contributed by atoms with Crippen LogP contribution >= 0.6 is 22.6 Å². The van der Waals surface area contributed by atoms with Gasteiger partial charge in [0, 0.05) is 26.2 Å². The zero-order valence-corrected chi connectivity index (χ0v) is 12.8. The quantitative estimate of drug-likeness (QED) is 0.441. The van der Waals surface area contributed by atoms with Crippen molar-refractivity contribution in [3.8, 4) is 5.69 Å². The van der Waals surface area contributed by atoms with Gasteiger partial charge in [-0.25, -0.2) is 4.98 Å². The lowest BCUT2D eigenvalue weighted by Crippen LogP contribution is -1.95. The molecule has 0 bridgehead atoms. The van der Waals surface area contributed by atoms with Crippen molar-refractivity contribution < 1.29 is 0 Å². The van der Waals surface area contributed by atoms with E-state index in [1.165, 1.54) is 19.9 Å².